The molecular formula is C15H10N6O. The summed E-state index contributed by atoms with van der Waals surface area (Å²) in [5.74, 6) is 0.0186. The Bertz CT molecular complexity index is 856. The summed E-state index contributed by atoms with van der Waals surface area (Å²) in [6, 6.07) is 7.96. The molecule has 0 radical (unpaired) electrons. The third-order valence-electron chi connectivity index (χ3n) is 3.46. The Labute approximate surface area is 125 Å². The number of imidazole rings is 1. The van der Waals surface area contributed by atoms with Gasteiger partial charge in [0, 0.05) is 24.5 Å². The van der Waals surface area contributed by atoms with Crippen LogP contribution in [-0.2, 0) is 11.2 Å². The van der Waals surface area contributed by atoms with Crippen LogP contribution in [0, 0.1) is 0 Å². The SMILES string of the molecule is O=C1N=CN=C2N=NC(Cc3ccc(-n4ccnc4)cc3)=C12. The van der Waals surface area contributed by atoms with E-state index in [0.717, 1.165) is 11.3 Å². The average molecular weight is 290 g/mol. The molecule has 22 heavy (non-hydrogen) atoms. The number of benzene rings is 1. The normalized spacial score (nSPS) is 16.2. The Balaban J connectivity index is 1.61. The molecule has 3 heterocycles. The molecule has 1 aromatic carbocycles. The van der Waals surface area contributed by atoms with Gasteiger partial charge in [0.2, 0.25) is 0 Å². The van der Waals surface area contributed by atoms with Crippen molar-refractivity contribution in [2.24, 2.45) is 20.2 Å². The number of fused-ring (bicyclic) bond motifs is 1. The van der Waals surface area contributed by atoms with E-state index in [0.29, 0.717) is 23.5 Å². The number of rotatable bonds is 3. The maximum Gasteiger partial charge on any atom is 0.284 e. The monoisotopic (exact) mass is 290 g/mol. The zero-order valence-corrected chi connectivity index (χ0v) is 11.4. The standard InChI is InChI=1S/C15H10N6O/c22-15-13-12(19-20-14(13)17-8-18-15)7-10-1-3-11(4-2-10)21-6-5-16-9-21/h1-6,8-9H,7H2. The van der Waals surface area contributed by atoms with Crippen LogP contribution in [0.4, 0.5) is 0 Å². The summed E-state index contributed by atoms with van der Waals surface area (Å²) in [6.07, 6.45) is 7.08. The Morgan fingerprint density at radius 3 is 2.73 bits per heavy atom. The highest BCUT2D eigenvalue weighted by Crippen LogP contribution is 2.24. The molecule has 0 saturated carbocycles. The fourth-order valence-electron chi connectivity index (χ4n) is 2.36. The van der Waals surface area contributed by atoms with Crippen molar-refractivity contribution in [1.29, 1.82) is 0 Å². The fourth-order valence-corrected chi connectivity index (χ4v) is 2.36. The van der Waals surface area contributed by atoms with E-state index >= 15 is 0 Å². The van der Waals surface area contributed by atoms with Crippen LogP contribution < -0.4 is 0 Å². The fraction of sp³-hybridized carbons (Fsp3) is 0.0667. The number of allylic oxidation sites excluding steroid dienone is 1. The number of hydrogen-bond acceptors (Lipinski definition) is 5. The van der Waals surface area contributed by atoms with Gasteiger partial charge in [-0.15, -0.1) is 5.11 Å². The molecule has 1 amide bonds. The Morgan fingerprint density at radius 1 is 1.09 bits per heavy atom. The van der Waals surface area contributed by atoms with Crippen LogP contribution in [0.5, 0.6) is 0 Å². The summed E-state index contributed by atoms with van der Waals surface area (Å²) in [6.45, 7) is 0. The van der Waals surface area contributed by atoms with E-state index in [-0.39, 0.29) is 5.91 Å². The molecule has 0 spiro atoms. The molecule has 7 heteroatoms. The highest BCUT2D eigenvalue weighted by atomic mass is 16.1. The molecule has 1 aromatic heterocycles. The molecule has 0 bridgehead atoms. The predicted octanol–water partition coefficient (Wildman–Crippen LogP) is 2.10. The van der Waals surface area contributed by atoms with E-state index in [9.17, 15) is 4.79 Å². The summed E-state index contributed by atoms with van der Waals surface area (Å²) in [5.41, 5.74) is 3.07. The van der Waals surface area contributed by atoms with Crippen LogP contribution in [0.15, 0.2) is 74.5 Å². The maximum atomic E-state index is 11.8. The van der Waals surface area contributed by atoms with Gasteiger partial charge in [0.25, 0.3) is 5.91 Å². The molecule has 0 aliphatic carbocycles. The van der Waals surface area contributed by atoms with Crippen LogP contribution in [0.3, 0.4) is 0 Å². The summed E-state index contributed by atoms with van der Waals surface area (Å²) < 4.78 is 1.92. The number of aromatic nitrogens is 2. The Morgan fingerprint density at radius 2 is 1.95 bits per heavy atom. The first-order chi connectivity index (χ1) is 10.8. The van der Waals surface area contributed by atoms with E-state index in [2.05, 4.69) is 25.2 Å². The lowest BCUT2D eigenvalue weighted by atomic mass is 10.0. The number of amidine groups is 1. The minimum Gasteiger partial charge on any atom is -0.306 e. The van der Waals surface area contributed by atoms with Gasteiger partial charge in [-0.25, -0.2) is 9.98 Å². The quantitative estimate of drug-likeness (QED) is 0.867. The smallest absolute Gasteiger partial charge is 0.284 e. The van der Waals surface area contributed by atoms with Gasteiger partial charge in [-0.3, -0.25) is 4.79 Å². The molecule has 2 aliphatic rings. The van der Waals surface area contributed by atoms with E-state index in [4.69, 9.17) is 0 Å². The molecule has 0 unspecified atom stereocenters. The number of amides is 1. The van der Waals surface area contributed by atoms with Crippen molar-refractivity contribution in [3.05, 3.63) is 59.8 Å². The number of nitrogens with zero attached hydrogens (tertiary/aromatic N) is 6. The molecule has 2 aliphatic heterocycles. The lowest BCUT2D eigenvalue weighted by Gasteiger charge is -2.06. The van der Waals surface area contributed by atoms with E-state index in [1.165, 1.54) is 6.34 Å². The lowest BCUT2D eigenvalue weighted by molar-refractivity contribution is -0.113. The molecule has 106 valence electrons. The molecule has 0 saturated heterocycles. The molecule has 0 N–H and O–H groups in total. The number of hydrogen-bond donors (Lipinski definition) is 0. The highest BCUT2D eigenvalue weighted by Gasteiger charge is 2.27. The van der Waals surface area contributed by atoms with Crippen molar-refractivity contribution in [3.8, 4) is 5.69 Å². The van der Waals surface area contributed by atoms with E-state index in [1.54, 1.807) is 12.5 Å². The minimum atomic E-state index is -0.333. The number of aliphatic imine (C=N–C) groups is 2. The van der Waals surface area contributed by atoms with Crippen LogP contribution in [-0.4, -0.2) is 27.6 Å². The van der Waals surface area contributed by atoms with Crippen molar-refractivity contribution >= 4 is 18.1 Å². The van der Waals surface area contributed by atoms with Crippen molar-refractivity contribution in [3.63, 3.8) is 0 Å². The van der Waals surface area contributed by atoms with Gasteiger partial charge in [0.05, 0.1) is 12.0 Å². The van der Waals surface area contributed by atoms with Gasteiger partial charge in [0.1, 0.15) is 11.9 Å². The minimum absolute atomic E-state index is 0.333. The summed E-state index contributed by atoms with van der Waals surface area (Å²) >= 11 is 0. The molecule has 2 aromatic rings. The maximum absolute atomic E-state index is 11.8. The second-order valence-corrected chi connectivity index (χ2v) is 4.84. The summed E-state index contributed by atoms with van der Waals surface area (Å²) in [5, 5.41) is 7.98. The molecular weight excluding hydrogens is 280 g/mol. The van der Waals surface area contributed by atoms with Gasteiger partial charge >= 0.3 is 0 Å². The highest BCUT2D eigenvalue weighted by molar-refractivity contribution is 6.27. The number of carbonyl (C=O) groups is 1. The lowest BCUT2D eigenvalue weighted by Crippen LogP contribution is -2.13. The van der Waals surface area contributed by atoms with Gasteiger partial charge in [0.15, 0.2) is 5.84 Å². The predicted molar refractivity (Wildman–Crippen MR) is 80.1 cm³/mol. The zero-order chi connectivity index (χ0) is 14.9. The Hall–Kier alpha value is -3.22. The van der Waals surface area contributed by atoms with Crippen molar-refractivity contribution in [2.75, 3.05) is 0 Å². The summed E-state index contributed by atoms with van der Waals surface area (Å²) in [4.78, 5) is 23.5. The first-order valence-electron chi connectivity index (χ1n) is 6.68. The molecule has 0 atom stereocenters. The second-order valence-electron chi connectivity index (χ2n) is 4.84. The molecule has 0 fully saturated rings. The molecule has 4 rings (SSSR count). The van der Waals surface area contributed by atoms with Crippen molar-refractivity contribution in [1.82, 2.24) is 9.55 Å². The van der Waals surface area contributed by atoms with Crippen LogP contribution in [0.25, 0.3) is 5.69 Å². The summed E-state index contributed by atoms with van der Waals surface area (Å²) in [7, 11) is 0. The first-order valence-corrected chi connectivity index (χ1v) is 6.68. The van der Waals surface area contributed by atoms with Gasteiger partial charge in [-0.2, -0.15) is 10.1 Å². The second kappa shape index (κ2) is 4.96. The zero-order valence-electron chi connectivity index (χ0n) is 11.4. The average Bonchev–Trinajstić information content (AvgIpc) is 3.19. The van der Waals surface area contributed by atoms with Crippen LogP contribution in [0.1, 0.15) is 5.56 Å². The van der Waals surface area contributed by atoms with E-state index < -0.39 is 0 Å². The third-order valence-corrected chi connectivity index (χ3v) is 3.46. The van der Waals surface area contributed by atoms with Gasteiger partial charge in [-0.05, 0) is 17.7 Å². The van der Waals surface area contributed by atoms with Crippen LogP contribution >= 0.6 is 0 Å². The molecule has 7 nitrogen and oxygen atoms in total. The van der Waals surface area contributed by atoms with Crippen molar-refractivity contribution in [2.45, 2.75) is 6.42 Å². The van der Waals surface area contributed by atoms with Crippen molar-refractivity contribution < 1.29 is 4.79 Å². The first kappa shape index (κ1) is 12.5. The van der Waals surface area contributed by atoms with Crippen LogP contribution in [0.2, 0.25) is 0 Å². The number of azo groups is 1. The number of carbonyl (C=O) groups excluding carboxylic acids is 1. The largest absolute Gasteiger partial charge is 0.306 e. The van der Waals surface area contributed by atoms with Gasteiger partial charge in [-0.1, -0.05) is 12.1 Å². The Kier molecular flexibility index (Phi) is 2.82. The van der Waals surface area contributed by atoms with E-state index in [1.807, 2.05) is 35.0 Å². The topological polar surface area (TPSA) is 84.3 Å². The van der Waals surface area contributed by atoms with Gasteiger partial charge < -0.3 is 4.57 Å². The third kappa shape index (κ3) is 2.08.